The normalized spacial score (nSPS) is 18.2. The number of allylic oxidation sites excluding steroid dienone is 12. The molecule has 1 rings (SSSR count). The van der Waals surface area contributed by atoms with E-state index in [1.54, 1.807) is 0 Å². The maximum Gasteiger partial charge on any atom is 0.335 e. The molecule has 6 unspecified atom stereocenters. The molecule has 1 aliphatic rings. The summed E-state index contributed by atoms with van der Waals surface area (Å²) in [5.41, 5.74) is 0. The second kappa shape index (κ2) is 56.6. The molecule has 81 heavy (non-hydrogen) atoms. The van der Waals surface area contributed by atoms with Crippen molar-refractivity contribution in [3.63, 3.8) is 0 Å². The van der Waals surface area contributed by atoms with Crippen LogP contribution in [0.15, 0.2) is 72.9 Å². The van der Waals surface area contributed by atoms with Gasteiger partial charge in [-0.2, -0.15) is 0 Å². The molecule has 12 heteroatoms. The zero-order valence-electron chi connectivity index (χ0n) is 51.5. The third-order valence-electron chi connectivity index (χ3n) is 14.7. The largest absolute Gasteiger partial charge is 0.479 e. The van der Waals surface area contributed by atoms with Crippen LogP contribution in [-0.4, -0.2) is 89.2 Å². The second-order valence-corrected chi connectivity index (χ2v) is 22.4. The Kier molecular flexibility index (Phi) is 52.6. The fourth-order valence-electron chi connectivity index (χ4n) is 9.70. The van der Waals surface area contributed by atoms with Gasteiger partial charge in [-0.1, -0.05) is 235 Å². The maximum absolute atomic E-state index is 13.2. The Morgan fingerprint density at radius 1 is 0.420 bits per heavy atom. The van der Waals surface area contributed by atoms with E-state index in [0.717, 1.165) is 128 Å². The summed E-state index contributed by atoms with van der Waals surface area (Å²) in [7, 11) is 0. The Morgan fingerprint density at radius 3 is 1.22 bits per heavy atom. The SMILES string of the molecule is CC/C=C\C/C=C\C/C=C\CCCCCCCC(=O)OC(COC(=O)CCCCCCCCCCC/C=C\CCCCCCCC)COC1OC(C(=O)O)C(O)C(O)C1OC(=O)CCCCCCCCC/C=C\C/C=C\CCCCC. The first-order valence-corrected chi connectivity index (χ1v) is 32.9. The van der Waals surface area contributed by atoms with E-state index < -0.39 is 67.3 Å². The topological polar surface area (TPSA) is 175 Å². The summed E-state index contributed by atoms with van der Waals surface area (Å²) in [4.78, 5) is 51.3. The Balaban J connectivity index is 2.66. The van der Waals surface area contributed by atoms with Gasteiger partial charge in [-0.25, -0.2) is 4.79 Å². The molecule has 0 saturated carbocycles. The van der Waals surface area contributed by atoms with Gasteiger partial charge in [0.25, 0.3) is 0 Å². The molecular formula is C69H118O12. The first-order chi connectivity index (χ1) is 39.6. The van der Waals surface area contributed by atoms with Gasteiger partial charge >= 0.3 is 23.9 Å². The molecule has 0 bridgehead atoms. The average molecular weight is 1140 g/mol. The highest BCUT2D eigenvalue weighted by molar-refractivity contribution is 5.74. The summed E-state index contributed by atoms with van der Waals surface area (Å²) in [6.45, 7) is 5.87. The van der Waals surface area contributed by atoms with Crippen LogP contribution in [0.4, 0.5) is 0 Å². The molecule has 3 N–H and O–H groups in total. The lowest BCUT2D eigenvalue weighted by atomic mass is 9.98. The molecule has 0 aromatic heterocycles. The van der Waals surface area contributed by atoms with Crippen molar-refractivity contribution in [3.8, 4) is 0 Å². The first kappa shape index (κ1) is 75.2. The molecule has 0 amide bonds. The van der Waals surface area contributed by atoms with Gasteiger partial charge in [-0.3, -0.25) is 14.4 Å². The van der Waals surface area contributed by atoms with Crippen molar-refractivity contribution in [1.82, 2.24) is 0 Å². The maximum atomic E-state index is 13.2. The van der Waals surface area contributed by atoms with Gasteiger partial charge in [0.2, 0.25) is 0 Å². The van der Waals surface area contributed by atoms with E-state index in [1.165, 1.54) is 103 Å². The molecule has 6 atom stereocenters. The number of rotatable bonds is 56. The Labute approximate surface area is 493 Å². The number of aliphatic carboxylic acids is 1. The molecule has 0 aromatic carbocycles. The third-order valence-corrected chi connectivity index (χ3v) is 14.7. The van der Waals surface area contributed by atoms with E-state index in [1.807, 2.05) is 0 Å². The van der Waals surface area contributed by atoms with Gasteiger partial charge in [0.15, 0.2) is 24.6 Å². The van der Waals surface area contributed by atoms with Crippen molar-refractivity contribution in [2.45, 2.75) is 327 Å². The Morgan fingerprint density at radius 2 is 0.778 bits per heavy atom. The third kappa shape index (κ3) is 46.3. The zero-order chi connectivity index (χ0) is 58.9. The molecule has 1 fully saturated rings. The number of aliphatic hydroxyl groups excluding tert-OH is 2. The van der Waals surface area contributed by atoms with Gasteiger partial charge in [0.1, 0.15) is 18.8 Å². The van der Waals surface area contributed by atoms with Crippen LogP contribution in [0.2, 0.25) is 0 Å². The molecule has 12 nitrogen and oxygen atoms in total. The van der Waals surface area contributed by atoms with Crippen LogP contribution in [0, 0.1) is 0 Å². The molecule has 0 spiro atoms. The van der Waals surface area contributed by atoms with E-state index in [0.29, 0.717) is 19.3 Å². The van der Waals surface area contributed by atoms with Gasteiger partial charge in [-0.15, -0.1) is 0 Å². The van der Waals surface area contributed by atoms with Crippen LogP contribution in [0.1, 0.15) is 290 Å². The summed E-state index contributed by atoms with van der Waals surface area (Å²) in [5.74, 6) is -3.14. The predicted octanol–water partition coefficient (Wildman–Crippen LogP) is 17.7. The summed E-state index contributed by atoms with van der Waals surface area (Å²) in [5, 5.41) is 31.6. The van der Waals surface area contributed by atoms with Crippen LogP contribution in [0.25, 0.3) is 0 Å². The number of unbranched alkanes of at least 4 members (excludes halogenated alkanes) is 30. The zero-order valence-corrected chi connectivity index (χ0v) is 51.5. The molecular weight excluding hydrogens is 1020 g/mol. The predicted molar refractivity (Wildman–Crippen MR) is 331 cm³/mol. The second-order valence-electron chi connectivity index (χ2n) is 22.4. The highest BCUT2D eigenvalue weighted by atomic mass is 16.7. The monoisotopic (exact) mass is 1140 g/mol. The molecule has 0 aliphatic carbocycles. The quantitative estimate of drug-likeness (QED) is 0.0228. The van der Waals surface area contributed by atoms with E-state index in [9.17, 15) is 34.5 Å². The number of carboxylic acid groups (broad SMARTS) is 1. The summed E-state index contributed by atoms with van der Waals surface area (Å²) in [6.07, 6.45) is 60.0. The van der Waals surface area contributed by atoms with Gasteiger partial charge in [0.05, 0.1) is 6.61 Å². The van der Waals surface area contributed by atoms with Crippen LogP contribution in [-0.2, 0) is 42.9 Å². The number of aliphatic hydroxyl groups is 2. The first-order valence-electron chi connectivity index (χ1n) is 32.9. The number of esters is 3. The molecule has 1 aliphatic heterocycles. The minimum absolute atomic E-state index is 0.0482. The lowest BCUT2D eigenvalue weighted by Crippen LogP contribution is -2.61. The van der Waals surface area contributed by atoms with E-state index in [4.69, 9.17) is 23.7 Å². The molecule has 0 aromatic rings. The van der Waals surface area contributed by atoms with Crippen molar-refractivity contribution in [3.05, 3.63) is 72.9 Å². The van der Waals surface area contributed by atoms with Gasteiger partial charge < -0.3 is 39.0 Å². The molecule has 0 radical (unpaired) electrons. The smallest absolute Gasteiger partial charge is 0.335 e. The minimum Gasteiger partial charge on any atom is -0.479 e. The standard InChI is InChI=1S/C69H118O12/c1-4-7-10-13-16-19-22-25-28-30-31-33-35-37-40-43-46-49-52-55-61(70)77-58-60(79-62(71)56-53-50-47-44-41-38-34-27-24-21-18-15-12-9-6-3)59-78-69-67(65(74)64(73)66(81-69)68(75)76)80-63(72)57-54-51-48-45-42-39-36-32-29-26-23-20-17-14-11-8-5-2/h9,12,17-18,20-21,25-29,34,60,64-67,69,73-74H,4-8,10-11,13-16,19,22-24,30-33,35-59H2,1-3H3,(H,75,76)/b12-9-,20-17-,21-18-,28-25-,29-26-,34-27-. The number of carbonyl (C=O) groups excluding carboxylic acids is 3. The Bertz CT molecular complexity index is 1680. The highest BCUT2D eigenvalue weighted by Gasteiger charge is 2.50. The van der Waals surface area contributed by atoms with Crippen molar-refractivity contribution in [1.29, 1.82) is 0 Å². The van der Waals surface area contributed by atoms with Crippen LogP contribution in [0.3, 0.4) is 0 Å². The van der Waals surface area contributed by atoms with Crippen LogP contribution < -0.4 is 0 Å². The van der Waals surface area contributed by atoms with E-state index in [-0.39, 0.29) is 25.9 Å². The minimum atomic E-state index is -1.91. The number of ether oxygens (including phenoxy) is 5. The molecule has 466 valence electrons. The van der Waals surface area contributed by atoms with E-state index in [2.05, 4.69) is 93.7 Å². The van der Waals surface area contributed by atoms with Gasteiger partial charge in [-0.05, 0) is 109 Å². The lowest BCUT2D eigenvalue weighted by molar-refractivity contribution is -0.301. The van der Waals surface area contributed by atoms with Crippen LogP contribution in [0.5, 0.6) is 0 Å². The molecule has 1 heterocycles. The average Bonchev–Trinajstić information content (AvgIpc) is 3.53. The summed E-state index contributed by atoms with van der Waals surface area (Å²) < 4.78 is 28.5. The van der Waals surface area contributed by atoms with Crippen molar-refractivity contribution in [2.75, 3.05) is 13.2 Å². The van der Waals surface area contributed by atoms with Crippen molar-refractivity contribution < 1.29 is 58.2 Å². The number of carbonyl (C=O) groups is 4. The number of hydrogen-bond donors (Lipinski definition) is 3. The fourth-order valence-corrected chi connectivity index (χ4v) is 9.70. The molecule has 1 saturated heterocycles. The number of carboxylic acids is 1. The van der Waals surface area contributed by atoms with E-state index >= 15 is 0 Å². The van der Waals surface area contributed by atoms with Crippen molar-refractivity contribution >= 4 is 23.9 Å². The number of hydrogen-bond acceptors (Lipinski definition) is 11. The fraction of sp³-hybridized carbons (Fsp3) is 0.768. The van der Waals surface area contributed by atoms with Crippen molar-refractivity contribution in [2.24, 2.45) is 0 Å². The summed E-state index contributed by atoms with van der Waals surface area (Å²) >= 11 is 0. The van der Waals surface area contributed by atoms with Gasteiger partial charge in [0, 0.05) is 19.3 Å². The van der Waals surface area contributed by atoms with Crippen LogP contribution >= 0.6 is 0 Å². The highest BCUT2D eigenvalue weighted by Crippen LogP contribution is 2.27. The summed E-state index contributed by atoms with van der Waals surface area (Å²) in [6, 6.07) is 0. The lowest BCUT2D eigenvalue weighted by Gasteiger charge is -2.40. The Hall–Kier alpha value is -3.84.